The molecule has 0 radical (unpaired) electrons. The number of aromatic nitrogens is 3. The van der Waals surface area contributed by atoms with Gasteiger partial charge in [-0.3, -0.25) is 4.90 Å². The summed E-state index contributed by atoms with van der Waals surface area (Å²) in [6, 6.07) is 8.41. The first-order chi connectivity index (χ1) is 22.5. The molecule has 0 saturated carbocycles. The number of nitrogens with zero attached hydrogens (tertiary/aromatic N) is 4. The van der Waals surface area contributed by atoms with Gasteiger partial charge in [0.05, 0.1) is 22.2 Å². The van der Waals surface area contributed by atoms with Gasteiger partial charge in [0.2, 0.25) is 0 Å². The highest BCUT2D eigenvalue weighted by atomic mass is 19.1. The lowest BCUT2D eigenvalue weighted by Gasteiger charge is -2.31. The summed E-state index contributed by atoms with van der Waals surface area (Å²) >= 11 is 0. The molecule has 7 nitrogen and oxygen atoms in total. The first-order valence-electron chi connectivity index (χ1n) is 16.9. The van der Waals surface area contributed by atoms with E-state index in [1.165, 1.54) is 12.5 Å². The third-order valence-electron chi connectivity index (χ3n) is 9.98. The van der Waals surface area contributed by atoms with Gasteiger partial charge < -0.3 is 15.8 Å². The standard InChI is InChI=1S/C35H38F2N6O.C2H6/c1-2-24-26(36)13-12-23-9-5-10-25(28(23)24)31-30(37)32-29(27(40-31)14-11-22-8-3-4-17-39-20-22)33(38)42-34(41-32)44-21-35-15-6-18-43(35)19-7-16-35;1-2/h1,5,9-10,12-13,22,39H,3-4,6-8,11,14-21H2,(H2,38,41,42);1-2H3. The first kappa shape index (κ1) is 32.1. The Hall–Kier alpha value is -3.87. The predicted molar refractivity (Wildman–Crippen MR) is 181 cm³/mol. The number of terminal acetylenes is 1. The first-order valence-corrected chi connectivity index (χ1v) is 16.9. The van der Waals surface area contributed by atoms with E-state index in [0.29, 0.717) is 46.4 Å². The van der Waals surface area contributed by atoms with Crippen LogP contribution in [-0.4, -0.2) is 58.2 Å². The SMILES string of the molecule is C#Cc1c(F)ccc2cccc(-c3nc(CCC4CCCCNC4)c4c(N)nc(OCC56CCCN5CCC6)nc4c3F)c12.CC. The lowest BCUT2D eigenvalue weighted by atomic mass is 9.94. The number of halogens is 2. The summed E-state index contributed by atoms with van der Waals surface area (Å²) in [6.07, 6.45) is 15.0. The molecule has 2 aromatic heterocycles. The summed E-state index contributed by atoms with van der Waals surface area (Å²) in [4.78, 5) is 16.5. The van der Waals surface area contributed by atoms with Crippen molar-refractivity contribution in [3.63, 3.8) is 0 Å². The van der Waals surface area contributed by atoms with Crippen LogP contribution < -0.4 is 15.8 Å². The van der Waals surface area contributed by atoms with Crippen molar-refractivity contribution in [2.75, 3.05) is 38.5 Å². The van der Waals surface area contributed by atoms with Gasteiger partial charge in [0.15, 0.2) is 5.82 Å². The van der Waals surface area contributed by atoms with Crippen LogP contribution >= 0.6 is 0 Å². The van der Waals surface area contributed by atoms with Crippen LogP contribution in [0.15, 0.2) is 30.3 Å². The molecule has 5 heterocycles. The number of ether oxygens (including phenoxy) is 1. The fourth-order valence-corrected chi connectivity index (χ4v) is 7.71. The van der Waals surface area contributed by atoms with Crippen molar-refractivity contribution in [2.24, 2.45) is 5.92 Å². The Bertz CT molecular complexity index is 1750. The lowest BCUT2D eigenvalue weighted by molar-refractivity contribution is 0.108. The molecule has 46 heavy (non-hydrogen) atoms. The van der Waals surface area contributed by atoms with Gasteiger partial charge in [0.1, 0.15) is 29.5 Å². The van der Waals surface area contributed by atoms with Crippen LogP contribution in [0.1, 0.15) is 76.5 Å². The molecule has 7 rings (SSSR count). The van der Waals surface area contributed by atoms with E-state index >= 15 is 4.39 Å². The van der Waals surface area contributed by atoms with Crippen molar-refractivity contribution in [1.82, 2.24) is 25.2 Å². The van der Waals surface area contributed by atoms with E-state index < -0.39 is 11.6 Å². The van der Waals surface area contributed by atoms with E-state index in [9.17, 15) is 4.39 Å². The molecule has 1 unspecified atom stereocenters. The maximum Gasteiger partial charge on any atom is 0.319 e. The molecule has 3 aliphatic heterocycles. The zero-order chi connectivity index (χ0) is 32.3. The van der Waals surface area contributed by atoms with Crippen molar-refractivity contribution in [3.8, 4) is 29.6 Å². The molecule has 3 fully saturated rings. The Labute approximate surface area is 270 Å². The topological polar surface area (TPSA) is 89.2 Å². The molecule has 3 N–H and O–H groups in total. The Kier molecular flexibility index (Phi) is 9.67. The number of hydrogen-bond donors (Lipinski definition) is 2. The van der Waals surface area contributed by atoms with E-state index in [2.05, 4.69) is 26.1 Å². The normalized spacial score (nSPS) is 19.3. The maximum atomic E-state index is 16.7. The van der Waals surface area contributed by atoms with Crippen molar-refractivity contribution >= 4 is 27.5 Å². The molecular formula is C37H44F2N6O. The molecular weight excluding hydrogens is 582 g/mol. The maximum absolute atomic E-state index is 16.7. The van der Waals surface area contributed by atoms with Crippen LogP contribution in [0.4, 0.5) is 14.6 Å². The third kappa shape index (κ3) is 6.01. The minimum Gasteiger partial charge on any atom is -0.461 e. The molecule has 3 saturated heterocycles. The minimum atomic E-state index is -0.653. The van der Waals surface area contributed by atoms with Crippen LogP contribution in [0.3, 0.4) is 0 Å². The van der Waals surface area contributed by atoms with Crippen LogP contribution in [0.2, 0.25) is 0 Å². The average Bonchev–Trinajstić information content (AvgIpc) is 3.55. The average molecular weight is 627 g/mol. The summed E-state index contributed by atoms with van der Waals surface area (Å²) in [6.45, 7) is 8.53. The molecule has 0 spiro atoms. The van der Waals surface area contributed by atoms with Crippen LogP contribution in [0.25, 0.3) is 32.9 Å². The Morgan fingerprint density at radius 3 is 2.63 bits per heavy atom. The Morgan fingerprint density at radius 1 is 1.04 bits per heavy atom. The summed E-state index contributed by atoms with van der Waals surface area (Å²) in [5.41, 5.74) is 7.78. The Balaban J connectivity index is 0.00000182. The van der Waals surface area contributed by atoms with Crippen molar-refractivity contribution in [3.05, 3.63) is 53.2 Å². The molecule has 0 aliphatic carbocycles. The van der Waals surface area contributed by atoms with Gasteiger partial charge in [-0.15, -0.1) is 6.42 Å². The van der Waals surface area contributed by atoms with E-state index in [1.807, 2.05) is 19.9 Å². The summed E-state index contributed by atoms with van der Waals surface area (Å²) in [5, 5.41) is 5.08. The molecule has 0 amide bonds. The van der Waals surface area contributed by atoms with Gasteiger partial charge in [0.25, 0.3) is 0 Å². The molecule has 0 bridgehead atoms. The summed E-state index contributed by atoms with van der Waals surface area (Å²) < 4.78 is 37.8. The summed E-state index contributed by atoms with van der Waals surface area (Å²) in [7, 11) is 0. The van der Waals surface area contributed by atoms with Gasteiger partial charge >= 0.3 is 6.01 Å². The minimum absolute atomic E-state index is 0.0222. The number of pyridine rings is 1. The van der Waals surface area contributed by atoms with Gasteiger partial charge in [-0.1, -0.05) is 50.5 Å². The molecule has 9 heteroatoms. The number of hydrogen-bond acceptors (Lipinski definition) is 7. The second kappa shape index (κ2) is 13.9. The number of nitrogens with two attached hydrogens (primary N) is 1. The second-order valence-corrected chi connectivity index (χ2v) is 12.6. The van der Waals surface area contributed by atoms with Gasteiger partial charge in [-0.2, -0.15) is 9.97 Å². The zero-order valence-corrected chi connectivity index (χ0v) is 27.0. The van der Waals surface area contributed by atoms with E-state index in [1.54, 1.807) is 18.2 Å². The number of fused-ring (bicyclic) bond motifs is 3. The molecule has 1 atom stereocenters. The quantitative estimate of drug-likeness (QED) is 0.213. The third-order valence-corrected chi connectivity index (χ3v) is 9.98. The molecule has 4 aromatic rings. The van der Waals surface area contributed by atoms with E-state index in [-0.39, 0.29) is 34.1 Å². The molecule has 3 aliphatic rings. The number of benzene rings is 2. The van der Waals surface area contributed by atoms with Crippen molar-refractivity contribution < 1.29 is 13.5 Å². The van der Waals surface area contributed by atoms with Crippen molar-refractivity contribution in [2.45, 2.75) is 77.2 Å². The highest BCUT2D eigenvalue weighted by Crippen LogP contribution is 2.40. The monoisotopic (exact) mass is 626 g/mol. The van der Waals surface area contributed by atoms with Gasteiger partial charge in [-0.25, -0.2) is 13.8 Å². The summed E-state index contributed by atoms with van der Waals surface area (Å²) in [5.74, 6) is 1.90. The Morgan fingerprint density at radius 2 is 1.85 bits per heavy atom. The van der Waals surface area contributed by atoms with Crippen LogP contribution in [0, 0.1) is 29.9 Å². The van der Waals surface area contributed by atoms with E-state index in [4.69, 9.17) is 21.9 Å². The van der Waals surface area contributed by atoms with Gasteiger partial charge in [0, 0.05) is 10.9 Å². The van der Waals surface area contributed by atoms with Crippen LogP contribution in [-0.2, 0) is 6.42 Å². The zero-order valence-electron chi connectivity index (χ0n) is 27.0. The van der Waals surface area contributed by atoms with E-state index in [0.717, 1.165) is 71.1 Å². The second-order valence-electron chi connectivity index (χ2n) is 12.6. The van der Waals surface area contributed by atoms with Crippen molar-refractivity contribution in [1.29, 1.82) is 0 Å². The fraction of sp³-hybridized carbons (Fsp3) is 0.486. The number of aryl methyl sites for hydroxylation is 1. The number of rotatable bonds is 7. The number of nitrogen functional groups attached to an aromatic ring is 1. The number of nitrogens with one attached hydrogen (secondary N) is 1. The highest BCUT2D eigenvalue weighted by molar-refractivity contribution is 6.02. The number of anilines is 1. The van der Waals surface area contributed by atoms with Gasteiger partial charge in [-0.05, 0) is 94.9 Å². The molecule has 2 aromatic carbocycles. The molecule has 242 valence electrons. The predicted octanol–water partition coefficient (Wildman–Crippen LogP) is 7.04. The lowest BCUT2D eigenvalue weighted by Crippen LogP contribution is -2.43. The fourth-order valence-electron chi connectivity index (χ4n) is 7.71. The smallest absolute Gasteiger partial charge is 0.319 e. The largest absolute Gasteiger partial charge is 0.461 e. The van der Waals surface area contributed by atoms with Crippen LogP contribution in [0.5, 0.6) is 6.01 Å². The highest BCUT2D eigenvalue weighted by Gasteiger charge is 2.45.